The van der Waals surface area contributed by atoms with E-state index in [0.717, 1.165) is 5.56 Å². The SMILES string of the molecule is NC(=O)Cc1ncc(C(N)=O)c(SCc2ccccc2)n1. The Hall–Kier alpha value is -2.41. The van der Waals surface area contributed by atoms with Gasteiger partial charge in [0.25, 0.3) is 5.91 Å². The van der Waals surface area contributed by atoms with Gasteiger partial charge in [0.1, 0.15) is 10.9 Å². The van der Waals surface area contributed by atoms with E-state index in [1.165, 1.54) is 18.0 Å². The Morgan fingerprint density at radius 3 is 2.48 bits per heavy atom. The summed E-state index contributed by atoms with van der Waals surface area (Å²) in [6, 6.07) is 9.75. The Morgan fingerprint density at radius 2 is 1.86 bits per heavy atom. The van der Waals surface area contributed by atoms with Gasteiger partial charge in [-0.1, -0.05) is 30.3 Å². The molecule has 2 rings (SSSR count). The van der Waals surface area contributed by atoms with E-state index < -0.39 is 11.8 Å². The predicted octanol–water partition coefficient (Wildman–Crippen LogP) is 0.896. The smallest absolute Gasteiger partial charge is 0.253 e. The van der Waals surface area contributed by atoms with Gasteiger partial charge in [-0.05, 0) is 5.56 Å². The monoisotopic (exact) mass is 302 g/mol. The van der Waals surface area contributed by atoms with Crippen molar-refractivity contribution >= 4 is 23.6 Å². The fourth-order valence-electron chi connectivity index (χ4n) is 1.65. The number of thioether (sulfide) groups is 1. The number of rotatable bonds is 6. The number of hydrogen-bond donors (Lipinski definition) is 2. The van der Waals surface area contributed by atoms with Crippen molar-refractivity contribution in [2.24, 2.45) is 11.5 Å². The average molecular weight is 302 g/mol. The number of hydrogen-bond acceptors (Lipinski definition) is 5. The minimum atomic E-state index is -0.601. The van der Waals surface area contributed by atoms with Crippen LogP contribution in [0.3, 0.4) is 0 Å². The normalized spacial score (nSPS) is 10.3. The maximum atomic E-state index is 11.4. The molecule has 0 aliphatic rings. The van der Waals surface area contributed by atoms with Crippen LogP contribution < -0.4 is 11.5 Å². The van der Waals surface area contributed by atoms with E-state index in [9.17, 15) is 9.59 Å². The molecule has 1 aromatic carbocycles. The zero-order chi connectivity index (χ0) is 15.2. The van der Waals surface area contributed by atoms with Crippen molar-refractivity contribution in [3.63, 3.8) is 0 Å². The van der Waals surface area contributed by atoms with Crippen LogP contribution in [0.1, 0.15) is 21.7 Å². The summed E-state index contributed by atoms with van der Waals surface area (Å²) in [6.45, 7) is 0. The van der Waals surface area contributed by atoms with Crippen molar-refractivity contribution in [1.82, 2.24) is 9.97 Å². The highest BCUT2D eigenvalue weighted by Gasteiger charge is 2.13. The van der Waals surface area contributed by atoms with Gasteiger partial charge in [0.2, 0.25) is 5.91 Å². The van der Waals surface area contributed by atoms with Gasteiger partial charge >= 0.3 is 0 Å². The maximum Gasteiger partial charge on any atom is 0.253 e. The number of primary amides is 2. The van der Waals surface area contributed by atoms with Crippen LogP contribution in [0, 0.1) is 0 Å². The second-order valence-corrected chi connectivity index (χ2v) is 5.25. The summed E-state index contributed by atoms with van der Waals surface area (Å²) in [5, 5.41) is 0.456. The van der Waals surface area contributed by atoms with Gasteiger partial charge in [-0.2, -0.15) is 0 Å². The van der Waals surface area contributed by atoms with Crippen LogP contribution in [0.5, 0.6) is 0 Å². The molecule has 0 aliphatic carbocycles. The molecule has 0 atom stereocenters. The first-order valence-electron chi connectivity index (χ1n) is 6.17. The fraction of sp³-hybridized carbons (Fsp3) is 0.143. The number of nitrogens with two attached hydrogens (primary N) is 2. The molecule has 2 amide bonds. The topological polar surface area (TPSA) is 112 Å². The highest BCUT2D eigenvalue weighted by Crippen LogP contribution is 2.24. The van der Waals surface area contributed by atoms with Gasteiger partial charge < -0.3 is 11.5 Å². The van der Waals surface area contributed by atoms with Crippen LogP contribution in [-0.2, 0) is 17.0 Å². The van der Waals surface area contributed by atoms with Crippen LogP contribution >= 0.6 is 11.8 Å². The third-order valence-electron chi connectivity index (χ3n) is 2.62. The predicted molar refractivity (Wildman–Crippen MR) is 79.5 cm³/mol. The first-order valence-corrected chi connectivity index (χ1v) is 7.15. The van der Waals surface area contributed by atoms with Crippen molar-refractivity contribution in [2.75, 3.05) is 0 Å². The summed E-state index contributed by atoms with van der Waals surface area (Å²) < 4.78 is 0. The second kappa shape index (κ2) is 6.85. The second-order valence-electron chi connectivity index (χ2n) is 4.29. The Labute approximate surface area is 126 Å². The van der Waals surface area contributed by atoms with Crippen LogP contribution in [0.25, 0.3) is 0 Å². The zero-order valence-corrected chi connectivity index (χ0v) is 12.0. The standard InChI is InChI=1S/C14H14N4O2S/c15-11(19)6-12-17-7-10(13(16)20)14(18-12)21-8-9-4-2-1-3-5-9/h1-5,7H,6,8H2,(H2,15,19)(H2,16,20). The summed E-state index contributed by atoms with van der Waals surface area (Å²) in [5.74, 6) is -0.214. The van der Waals surface area contributed by atoms with Crippen molar-refractivity contribution in [2.45, 2.75) is 17.2 Å². The number of benzene rings is 1. The molecule has 0 bridgehead atoms. The quantitative estimate of drug-likeness (QED) is 0.608. The van der Waals surface area contributed by atoms with Crippen molar-refractivity contribution in [3.8, 4) is 0 Å². The average Bonchev–Trinajstić information content (AvgIpc) is 2.45. The number of aromatic nitrogens is 2. The van der Waals surface area contributed by atoms with Gasteiger partial charge in [0.15, 0.2) is 0 Å². The van der Waals surface area contributed by atoms with Crippen LogP contribution in [-0.4, -0.2) is 21.8 Å². The molecule has 21 heavy (non-hydrogen) atoms. The Bertz CT molecular complexity index is 661. The van der Waals surface area contributed by atoms with Crippen LogP contribution in [0.2, 0.25) is 0 Å². The number of nitrogens with zero attached hydrogens (tertiary/aromatic N) is 2. The molecule has 1 aromatic heterocycles. The highest BCUT2D eigenvalue weighted by atomic mass is 32.2. The van der Waals surface area contributed by atoms with E-state index in [1.807, 2.05) is 30.3 Å². The van der Waals surface area contributed by atoms with Gasteiger partial charge in [0, 0.05) is 11.9 Å². The lowest BCUT2D eigenvalue weighted by Gasteiger charge is -2.07. The molecule has 2 aromatic rings. The van der Waals surface area contributed by atoms with Gasteiger partial charge in [-0.3, -0.25) is 9.59 Å². The highest BCUT2D eigenvalue weighted by molar-refractivity contribution is 7.98. The van der Waals surface area contributed by atoms with Gasteiger partial charge in [-0.25, -0.2) is 9.97 Å². The maximum absolute atomic E-state index is 11.4. The first-order chi connectivity index (χ1) is 10.1. The van der Waals surface area contributed by atoms with E-state index in [2.05, 4.69) is 9.97 Å². The zero-order valence-electron chi connectivity index (χ0n) is 11.2. The van der Waals surface area contributed by atoms with Gasteiger partial charge in [-0.15, -0.1) is 11.8 Å². The van der Waals surface area contributed by atoms with Crippen molar-refractivity contribution in [1.29, 1.82) is 0 Å². The molecule has 108 valence electrons. The summed E-state index contributed by atoms with van der Waals surface area (Å²) in [7, 11) is 0. The number of carbonyl (C=O) groups is 2. The molecule has 0 spiro atoms. The summed E-state index contributed by atoms with van der Waals surface area (Å²) in [4.78, 5) is 30.5. The van der Waals surface area contributed by atoms with Crippen LogP contribution in [0.4, 0.5) is 0 Å². The Balaban J connectivity index is 2.22. The minimum absolute atomic E-state index is 0.0715. The van der Waals surface area contributed by atoms with E-state index in [4.69, 9.17) is 11.5 Å². The molecular weight excluding hydrogens is 288 g/mol. The molecular formula is C14H14N4O2S. The lowest BCUT2D eigenvalue weighted by Crippen LogP contribution is -2.18. The third-order valence-corrected chi connectivity index (χ3v) is 3.68. The molecule has 0 saturated heterocycles. The van der Waals surface area contributed by atoms with E-state index >= 15 is 0 Å². The lowest BCUT2D eigenvalue weighted by atomic mass is 10.2. The fourth-order valence-corrected chi connectivity index (χ4v) is 2.62. The molecule has 0 unspecified atom stereocenters. The van der Waals surface area contributed by atoms with Crippen molar-refractivity contribution < 1.29 is 9.59 Å². The largest absolute Gasteiger partial charge is 0.369 e. The summed E-state index contributed by atoms with van der Waals surface area (Å²) in [5.41, 5.74) is 11.8. The third kappa shape index (κ3) is 4.28. The Kier molecular flexibility index (Phi) is 4.89. The summed E-state index contributed by atoms with van der Waals surface area (Å²) in [6.07, 6.45) is 1.26. The van der Waals surface area contributed by atoms with E-state index in [-0.39, 0.29) is 17.8 Å². The minimum Gasteiger partial charge on any atom is -0.369 e. The molecule has 7 heteroatoms. The molecule has 1 heterocycles. The lowest BCUT2D eigenvalue weighted by molar-refractivity contribution is -0.117. The summed E-state index contributed by atoms with van der Waals surface area (Å²) >= 11 is 1.37. The van der Waals surface area contributed by atoms with Crippen molar-refractivity contribution in [3.05, 3.63) is 53.5 Å². The molecule has 4 N–H and O–H groups in total. The molecule has 0 saturated carbocycles. The molecule has 6 nitrogen and oxygen atoms in total. The molecule has 0 radical (unpaired) electrons. The van der Waals surface area contributed by atoms with E-state index in [1.54, 1.807) is 0 Å². The van der Waals surface area contributed by atoms with E-state index in [0.29, 0.717) is 10.8 Å². The van der Waals surface area contributed by atoms with Crippen LogP contribution in [0.15, 0.2) is 41.6 Å². The first kappa shape index (κ1) is 15.0. The number of amides is 2. The van der Waals surface area contributed by atoms with Gasteiger partial charge in [0.05, 0.1) is 12.0 Å². The number of carbonyl (C=O) groups excluding carboxylic acids is 2. The molecule has 0 fully saturated rings. The molecule has 0 aliphatic heterocycles. The Morgan fingerprint density at radius 1 is 1.14 bits per heavy atom.